The maximum atomic E-state index is 12.2. The summed E-state index contributed by atoms with van der Waals surface area (Å²) in [7, 11) is 1.27. The summed E-state index contributed by atoms with van der Waals surface area (Å²) >= 11 is 1.24. The molecule has 1 atom stereocenters. The third-order valence-electron chi connectivity index (χ3n) is 2.62. The zero-order valence-electron chi connectivity index (χ0n) is 11.7. The van der Waals surface area contributed by atoms with Crippen molar-refractivity contribution in [3.63, 3.8) is 0 Å². The molecule has 0 fully saturated rings. The van der Waals surface area contributed by atoms with E-state index >= 15 is 0 Å². The summed E-state index contributed by atoms with van der Waals surface area (Å²) in [5.41, 5.74) is 6.26. The van der Waals surface area contributed by atoms with Gasteiger partial charge in [-0.05, 0) is 12.1 Å². The molecule has 1 aromatic rings. The molecule has 6 nitrogen and oxygen atoms in total. The molecule has 7 heteroatoms. The van der Waals surface area contributed by atoms with E-state index in [-0.39, 0.29) is 24.0 Å². The Kier molecular flexibility index (Phi) is 7.29. The number of anilines is 1. The molecule has 0 saturated carbocycles. The van der Waals surface area contributed by atoms with Crippen molar-refractivity contribution in [3.8, 4) is 6.07 Å². The van der Waals surface area contributed by atoms with Crippen molar-refractivity contribution < 1.29 is 14.3 Å². The molecule has 1 aromatic carbocycles. The predicted molar refractivity (Wildman–Crippen MR) is 81.7 cm³/mol. The van der Waals surface area contributed by atoms with Gasteiger partial charge in [0.05, 0.1) is 18.9 Å². The zero-order chi connectivity index (χ0) is 15.7. The number of hydrogen-bond donors (Lipinski definition) is 1. The van der Waals surface area contributed by atoms with Crippen LogP contribution in [0.15, 0.2) is 30.3 Å². The lowest BCUT2D eigenvalue weighted by atomic mass is 10.3. The molecule has 0 aliphatic heterocycles. The number of amides is 1. The highest BCUT2D eigenvalue weighted by molar-refractivity contribution is 8.00. The number of carbonyl (C=O) groups excluding carboxylic acids is 2. The van der Waals surface area contributed by atoms with Crippen LogP contribution in [-0.4, -0.2) is 43.1 Å². The maximum Gasteiger partial charge on any atom is 0.323 e. The molecule has 0 bridgehead atoms. The van der Waals surface area contributed by atoms with Gasteiger partial charge >= 0.3 is 5.97 Å². The lowest BCUT2D eigenvalue weighted by Crippen LogP contribution is -2.36. The lowest BCUT2D eigenvalue weighted by Gasteiger charge is -2.19. The number of methoxy groups -OCH3 is 1. The molecule has 0 aliphatic rings. The topological polar surface area (TPSA) is 96.4 Å². The van der Waals surface area contributed by atoms with Crippen LogP contribution in [0, 0.1) is 11.3 Å². The third kappa shape index (κ3) is 5.45. The van der Waals surface area contributed by atoms with Gasteiger partial charge in [0, 0.05) is 11.4 Å². The predicted octanol–water partition coefficient (Wildman–Crippen LogP) is 0.777. The molecule has 0 aromatic heterocycles. The van der Waals surface area contributed by atoms with Crippen molar-refractivity contribution in [2.45, 2.75) is 6.04 Å². The van der Waals surface area contributed by atoms with E-state index in [4.69, 9.17) is 11.0 Å². The Balaban J connectivity index is 2.55. The number of thioether (sulfide) groups is 1. The minimum atomic E-state index is -0.756. The monoisotopic (exact) mass is 307 g/mol. The van der Waals surface area contributed by atoms with Gasteiger partial charge in [0.2, 0.25) is 5.91 Å². The van der Waals surface area contributed by atoms with Gasteiger partial charge in [-0.25, -0.2) is 0 Å². The SMILES string of the molecule is COC(=O)C(N)CSCC(=O)N(CC#N)c1ccccc1. The van der Waals surface area contributed by atoms with Gasteiger partial charge in [-0.1, -0.05) is 18.2 Å². The Labute approximate surface area is 127 Å². The van der Waals surface area contributed by atoms with Crippen LogP contribution in [0.1, 0.15) is 0 Å². The fraction of sp³-hybridized carbons (Fsp3) is 0.357. The van der Waals surface area contributed by atoms with E-state index in [0.29, 0.717) is 5.69 Å². The van der Waals surface area contributed by atoms with Crippen molar-refractivity contribution in [1.82, 2.24) is 0 Å². The molecule has 112 valence electrons. The number of ether oxygens (including phenoxy) is 1. The Morgan fingerprint density at radius 1 is 1.43 bits per heavy atom. The number of carbonyl (C=O) groups is 2. The Hall–Kier alpha value is -2.04. The minimum Gasteiger partial charge on any atom is -0.468 e. The molecule has 0 aliphatic carbocycles. The summed E-state index contributed by atoms with van der Waals surface area (Å²) in [4.78, 5) is 24.7. The van der Waals surface area contributed by atoms with Crippen LogP contribution in [0.3, 0.4) is 0 Å². The molecule has 1 unspecified atom stereocenters. The Bertz CT molecular complexity index is 516. The van der Waals surface area contributed by atoms with Gasteiger partial charge < -0.3 is 10.5 Å². The van der Waals surface area contributed by atoms with Gasteiger partial charge in [0.15, 0.2) is 0 Å². The molecule has 0 heterocycles. The van der Waals surface area contributed by atoms with E-state index in [2.05, 4.69) is 4.74 Å². The first-order chi connectivity index (χ1) is 10.1. The molecule has 1 amide bonds. The van der Waals surface area contributed by atoms with E-state index < -0.39 is 12.0 Å². The van der Waals surface area contributed by atoms with E-state index in [9.17, 15) is 9.59 Å². The quantitative estimate of drug-likeness (QED) is 0.590. The largest absolute Gasteiger partial charge is 0.468 e. The maximum absolute atomic E-state index is 12.2. The van der Waals surface area contributed by atoms with Crippen LogP contribution >= 0.6 is 11.8 Å². The highest BCUT2D eigenvalue weighted by Gasteiger charge is 2.18. The normalized spacial score (nSPS) is 11.3. The first-order valence-corrected chi connectivity index (χ1v) is 7.39. The molecule has 1 rings (SSSR count). The zero-order valence-corrected chi connectivity index (χ0v) is 12.5. The van der Waals surface area contributed by atoms with E-state index in [1.165, 1.54) is 23.8 Å². The van der Waals surface area contributed by atoms with Crippen LogP contribution in [0.25, 0.3) is 0 Å². The minimum absolute atomic E-state index is 0.0214. The smallest absolute Gasteiger partial charge is 0.323 e. The van der Waals surface area contributed by atoms with Crippen molar-refractivity contribution >= 4 is 29.3 Å². The Morgan fingerprint density at radius 3 is 2.67 bits per heavy atom. The average molecular weight is 307 g/mol. The van der Waals surface area contributed by atoms with Crippen LogP contribution in [0.2, 0.25) is 0 Å². The Morgan fingerprint density at radius 2 is 2.10 bits per heavy atom. The fourth-order valence-corrected chi connectivity index (χ4v) is 2.41. The number of hydrogen-bond acceptors (Lipinski definition) is 6. The third-order valence-corrected chi connectivity index (χ3v) is 3.67. The number of nitrogens with zero attached hydrogens (tertiary/aromatic N) is 2. The number of rotatable bonds is 7. The van der Waals surface area contributed by atoms with Gasteiger partial charge in [-0.15, -0.1) is 11.8 Å². The lowest BCUT2D eigenvalue weighted by molar-refractivity contribution is -0.141. The van der Waals surface area contributed by atoms with E-state index in [0.717, 1.165) is 0 Å². The average Bonchev–Trinajstić information content (AvgIpc) is 2.52. The number of nitrogens with two attached hydrogens (primary N) is 1. The molecule has 21 heavy (non-hydrogen) atoms. The number of esters is 1. The first kappa shape index (κ1) is 17.0. The molecular formula is C14H17N3O3S. The molecule has 0 spiro atoms. The van der Waals surface area contributed by atoms with Crippen LogP contribution in [0.4, 0.5) is 5.69 Å². The van der Waals surface area contributed by atoms with Crippen LogP contribution in [-0.2, 0) is 14.3 Å². The summed E-state index contributed by atoms with van der Waals surface area (Å²) in [6, 6.07) is 10.2. The highest BCUT2D eigenvalue weighted by atomic mass is 32.2. The van der Waals surface area contributed by atoms with Crippen molar-refractivity contribution in [1.29, 1.82) is 5.26 Å². The number of benzene rings is 1. The van der Waals surface area contributed by atoms with Gasteiger partial charge in [-0.3, -0.25) is 14.5 Å². The van der Waals surface area contributed by atoms with E-state index in [1.54, 1.807) is 24.3 Å². The van der Waals surface area contributed by atoms with Crippen molar-refractivity contribution in [2.75, 3.05) is 30.1 Å². The summed E-state index contributed by atoms with van der Waals surface area (Å²) in [6.07, 6.45) is 0. The number of nitriles is 1. The second kappa shape index (κ2) is 9.00. The molecule has 0 radical (unpaired) electrons. The standard InChI is InChI=1S/C14H17N3O3S/c1-20-14(19)12(16)9-21-10-13(18)17(8-7-15)11-5-3-2-4-6-11/h2-6,12H,8-10,16H2,1H3. The van der Waals surface area contributed by atoms with E-state index in [1.807, 2.05) is 12.1 Å². The molecule has 2 N–H and O–H groups in total. The summed E-state index contributed by atoms with van der Waals surface area (Å²) in [5.74, 6) is -0.286. The van der Waals surface area contributed by atoms with Gasteiger partial charge in [0.25, 0.3) is 0 Å². The second-order valence-corrected chi connectivity index (χ2v) is 5.15. The second-order valence-electron chi connectivity index (χ2n) is 4.12. The fourth-order valence-electron chi connectivity index (χ4n) is 1.57. The molecular weight excluding hydrogens is 290 g/mol. The van der Waals surface area contributed by atoms with Crippen LogP contribution < -0.4 is 10.6 Å². The number of para-hydroxylation sites is 1. The van der Waals surface area contributed by atoms with Crippen molar-refractivity contribution in [2.24, 2.45) is 5.73 Å². The van der Waals surface area contributed by atoms with Crippen LogP contribution in [0.5, 0.6) is 0 Å². The van der Waals surface area contributed by atoms with Gasteiger partial charge in [0.1, 0.15) is 12.6 Å². The van der Waals surface area contributed by atoms with Gasteiger partial charge in [-0.2, -0.15) is 5.26 Å². The first-order valence-electron chi connectivity index (χ1n) is 6.23. The highest BCUT2D eigenvalue weighted by Crippen LogP contribution is 2.15. The molecule has 0 saturated heterocycles. The summed E-state index contributed by atoms with van der Waals surface area (Å²) < 4.78 is 4.51. The summed E-state index contributed by atoms with van der Waals surface area (Å²) in [5, 5.41) is 8.83. The summed E-state index contributed by atoms with van der Waals surface area (Å²) in [6.45, 7) is -0.0214. The van der Waals surface area contributed by atoms with Crippen molar-refractivity contribution in [3.05, 3.63) is 30.3 Å².